The summed E-state index contributed by atoms with van der Waals surface area (Å²) in [7, 11) is 0. The summed E-state index contributed by atoms with van der Waals surface area (Å²) in [4.78, 5) is 24.9. The zero-order valence-electron chi connectivity index (χ0n) is 15.8. The van der Waals surface area contributed by atoms with Gasteiger partial charge in [0.25, 0.3) is 0 Å². The fourth-order valence-electron chi connectivity index (χ4n) is 3.50. The first-order valence-corrected chi connectivity index (χ1v) is 9.35. The highest BCUT2D eigenvalue weighted by molar-refractivity contribution is 6.10. The highest BCUT2D eigenvalue weighted by Gasteiger charge is 2.20. The molecule has 0 N–H and O–H groups in total. The Hall–Kier alpha value is -3.40. The van der Waals surface area contributed by atoms with Crippen LogP contribution in [-0.4, -0.2) is 25.2 Å². The first kappa shape index (κ1) is 18.0. The van der Waals surface area contributed by atoms with Crippen molar-refractivity contribution in [3.05, 3.63) is 71.8 Å². The largest absolute Gasteiger partial charge is 0.462 e. The molecular weight excluding hydrogens is 352 g/mol. The molecule has 28 heavy (non-hydrogen) atoms. The zero-order valence-corrected chi connectivity index (χ0v) is 15.8. The normalized spacial score (nSPS) is 11.1. The molecule has 4 rings (SSSR count). The van der Waals surface area contributed by atoms with Gasteiger partial charge in [-0.25, -0.2) is 9.59 Å². The van der Waals surface area contributed by atoms with Crippen LogP contribution in [0.25, 0.3) is 32.3 Å². The third-order valence-electron chi connectivity index (χ3n) is 4.79. The third-order valence-corrected chi connectivity index (χ3v) is 4.79. The molecule has 4 nitrogen and oxygen atoms in total. The number of ether oxygens (including phenoxy) is 2. The number of benzene rings is 4. The molecule has 0 aromatic heterocycles. The van der Waals surface area contributed by atoms with Crippen molar-refractivity contribution in [3.63, 3.8) is 0 Å². The van der Waals surface area contributed by atoms with Crippen molar-refractivity contribution in [3.8, 4) is 0 Å². The first-order valence-electron chi connectivity index (χ1n) is 9.35. The van der Waals surface area contributed by atoms with Crippen LogP contribution < -0.4 is 0 Å². The Morgan fingerprint density at radius 1 is 0.607 bits per heavy atom. The minimum absolute atomic E-state index is 0.230. The van der Waals surface area contributed by atoms with Gasteiger partial charge in [0.2, 0.25) is 0 Å². The van der Waals surface area contributed by atoms with Crippen LogP contribution in [-0.2, 0) is 9.47 Å². The van der Waals surface area contributed by atoms with E-state index in [1.165, 1.54) is 0 Å². The van der Waals surface area contributed by atoms with Gasteiger partial charge in [-0.15, -0.1) is 0 Å². The SMILES string of the molecule is CCOC(=O)c1cc2cc3cc4ccccc4cc3cc2cc1C(=O)OCC. The lowest BCUT2D eigenvalue weighted by Gasteiger charge is -2.11. The molecule has 0 saturated carbocycles. The van der Waals surface area contributed by atoms with Crippen LogP contribution >= 0.6 is 0 Å². The molecule has 0 fully saturated rings. The lowest BCUT2D eigenvalue weighted by atomic mass is 9.96. The molecule has 0 bridgehead atoms. The van der Waals surface area contributed by atoms with Gasteiger partial charge in [-0.1, -0.05) is 24.3 Å². The van der Waals surface area contributed by atoms with E-state index in [-0.39, 0.29) is 24.3 Å². The molecule has 0 amide bonds. The Labute approximate surface area is 162 Å². The van der Waals surface area contributed by atoms with Crippen LogP contribution in [0.3, 0.4) is 0 Å². The molecular formula is C24H20O4. The average Bonchev–Trinajstić information content (AvgIpc) is 2.70. The minimum Gasteiger partial charge on any atom is -0.462 e. The molecule has 0 aliphatic rings. The van der Waals surface area contributed by atoms with Gasteiger partial charge in [0.05, 0.1) is 24.3 Å². The van der Waals surface area contributed by atoms with Crippen LogP contribution in [0.15, 0.2) is 60.7 Å². The molecule has 4 aromatic carbocycles. The van der Waals surface area contributed by atoms with E-state index >= 15 is 0 Å². The maximum atomic E-state index is 12.4. The Morgan fingerprint density at radius 3 is 1.36 bits per heavy atom. The maximum Gasteiger partial charge on any atom is 0.339 e. The molecule has 0 saturated heterocycles. The van der Waals surface area contributed by atoms with E-state index in [9.17, 15) is 9.59 Å². The van der Waals surface area contributed by atoms with Crippen molar-refractivity contribution in [2.45, 2.75) is 13.8 Å². The van der Waals surface area contributed by atoms with Crippen LogP contribution in [0, 0.1) is 0 Å². The standard InChI is InChI=1S/C24H20O4/c1-3-27-23(25)21-13-19-11-17-9-15-7-5-6-8-16(15)10-18(17)12-20(19)14-22(21)24(26)28-4-2/h5-14H,3-4H2,1-2H3. The van der Waals surface area contributed by atoms with Gasteiger partial charge in [-0.3, -0.25) is 0 Å². The second-order valence-electron chi connectivity index (χ2n) is 6.58. The molecule has 4 heteroatoms. The highest BCUT2D eigenvalue weighted by atomic mass is 16.5. The van der Waals surface area contributed by atoms with E-state index in [2.05, 4.69) is 24.3 Å². The van der Waals surface area contributed by atoms with E-state index in [4.69, 9.17) is 9.47 Å². The molecule has 0 spiro atoms. The van der Waals surface area contributed by atoms with Crippen LogP contribution in [0.2, 0.25) is 0 Å². The predicted molar refractivity (Wildman–Crippen MR) is 111 cm³/mol. The first-order chi connectivity index (χ1) is 13.6. The molecule has 0 aliphatic heterocycles. The predicted octanol–water partition coefficient (Wildman–Crippen LogP) is 5.50. The van der Waals surface area contributed by atoms with Gasteiger partial charge < -0.3 is 9.47 Å². The molecule has 0 heterocycles. The van der Waals surface area contributed by atoms with Gasteiger partial charge in [0.1, 0.15) is 0 Å². The van der Waals surface area contributed by atoms with E-state index in [0.29, 0.717) is 0 Å². The monoisotopic (exact) mass is 372 g/mol. The summed E-state index contributed by atoms with van der Waals surface area (Å²) in [6, 6.07) is 20.0. The minimum atomic E-state index is -0.522. The number of rotatable bonds is 4. The molecule has 0 unspecified atom stereocenters. The Kier molecular flexibility index (Phi) is 4.70. The fraction of sp³-hybridized carbons (Fsp3) is 0.167. The molecule has 4 aromatic rings. The zero-order chi connectivity index (χ0) is 19.7. The Morgan fingerprint density at radius 2 is 0.964 bits per heavy atom. The molecule has 0 radical (unpaired) electrons. The van der Waals surface area contributed by atoms with Gasteiger partial charge in [-0.2, -0.15) is 0 Å². The number of fused-ring (bicyclic) bond motifs is 3. The summed E-state index contributed by atoms with van der Waals surface area (Å²) in [5.41, 5.74) is 0.459. The van der Waals surface area contributed by atoms with Gasteiger partial charge in [0.15, 0.2) is 0 Å². The van der Waals surface area contributed by atoms with Crippen molar-refractivity contribution in [2.24, 2.45) is 0 Å². The number of hydrogen-bond donors (Lipinski definition) is 0. The van der Waals surface area contributed by atoms with Crippen molar-refractivity contribution >= 4 is 44.3 Å². The van der Waals surface area contributed by atoms with Crippen molar-refractivity contribution < 1.29 is 19.1 Å². The number of carbonyl (C=O) groups is 2. The van der Waals surface area contributed by atoms with Crippen LogP contribution in [0.4, 0.5) is 0 Å². The average molecular weight is 372 g/mol. The van der Waals surface area contributed by atoms with Crippen LogP contribution in [0.1, 0.15) is 34.6 Å². The smallest absolute Gasteiger partial charge is 0.339 e. The summed E-state index contributed by atoms with van der Waals surface area (Å²) in [5.74, 6) is -1.04. The molecule has 0 atom stereocenters. The third kappa shape index (κ3) is 3.18. The highest BCUT2D eigenvalue weighted by Crippen LogP contribution is 2.29. The lowest BCUT2D eigenvalue weighted by Crippen LogP contribution is -2.14. The second kappa shape index (κ2) is 7.31. The van der Waals surface area contributed by atoms with E-state index in [0.717, 1.165) is 32.3 Å². The van der Waals surface area contributed by atoms with Crippen molar-refractivity contribution in [2.75, 3.05) is 13.2 Å². The van der Waals surface area contributed by atoms with Gasteiger partial charge in [0, 0.05) is 0 Å². The summed E-state index contributed by atoms with van der Waals surface area (Å²) >= 11 is 0. The van der Waals surface area contributed by atoms with E-state index in [1.807, 2.05) is 24.3 Å². The summed E-state index contributed by atoms with van der Waals surface area (Å²) in [6.45, 7) is 3.95. The lowest BCUT2D eigenvalue weighted by molar-refractivity contribution is 0.0479. The van der Waals surface area contributed by atoms with E-state index < -0.39 is 11.9 Å². The summed E-state index contributed by atoms with van der Waals surface area (Å²) < 4.78 is 10.3. The summed E-state index contributed by atoms with van der Waals surface area (Å²) in [6.07, 6.45) is 0. The Balaban J connectivity index is 1.97. The van der Waals surface area contributed by atoms with E-state index in [1.54, 1.807) is 26.0 Å². The van der Waals surface area contributed by atoms with Gasteiger partial charge in [-0.05, 0) is 82.6 Å². The topological polar surface area (TPSA) is 52.6 Å². The van der Waals surface area contributed by atoms with Crippen molar-refractivity contribution in [1.29, 1.82) is 0 Å². The van der Waals surface area contributed by atoms with Gasteiger partial charge >= 0.3 is 11.9 Å². The summed E-state index contributed by atoms with van der Waals surface area (Å²) in [5, 5.41) is 6.21. The molecule has 0 aliphatic carbocycles. The van der Waals surface area contributed by atoms with Crippen molar-refractivity contribution in [1.82, 2.24) is 0 Å². The maximum absolute atomic E-state index is 12.4. The number of carbonyl (C=O) groups excluding carboxylic acids is 2. The molecule has 140 valence electrons. The second-order valence-corrected chi connectivity index (χ2v) is 6.58. The number of hydrogen-bond acceptors (Lipinski definition) is 4. The Bertz CT molecular complexity index is 1130. The number of esters is 2. The fourth-order valence-corrected chi connectivity index (χ4v) is 3.50. The quantitative estimate of drug-likeness (QED) is 0.351. The van der Waals surface area contributed by atoms with Crippen LogP contribution in [0.5, 0.6) is 0 Å².